The van der Waals surface area contributed by atoms with Gasteiger partial charge < -0.3 is 15.1 Å². The molecule has 6 heteroatoms. The number of benzene rings is 2. The SMILES string of the molecule is CC(=O)Nc1cc(C(=O)N2CCN(C)Cc3ccccc32)ccc1F. The predicted molar refractivity (Wildman–Crippen MR) is 95.2 cm³/mol. The number of likely N-dealkylation sites (N-methyl/N-ethyl adjacent to an activating group) is 1. The van der Waals surface area contributed by atoms with E-state index in [9.17, 15) is 14.0 Å². The molecule has 3 rings (SSSR count). The van der Waals surface area contributed by atoms with Crippen molar-refractivity contribution in [1.82, 2.24) is 4.90 Å². The maximum absolute atomic E-state index is 13.8. The molecule has 0 aromatic heterocycles. The van der Waals surface area contributed by atoms with Crippen molar-refractivity contribution in [2.75, 3.05) is 30.4 Å². The standard InChI is InChI=1S/C19H20FN3O2/c1-13(24)21-17-11-14(7-8-16(17)20)19(25)23-10-9-22(2)12-15-5-3-4-6-18(15)23/h3-8,11H,9-10,12H2,1-2H3,(H,21,24). The molecule has 0 bridgehead atoms. The van der Waals surface area contributed by atoms with Crippen molar-refractivity contribution in [3.8, 4) is 0 Å². The molecule has 0 radical (unpaired) electrons. The zero-order chi connectivity index (χ0) is 18.0. The number of amides is 2. The third-order valence-electron chi connectivity index (χ3n) is 4.20. The van der Waals surface area contributed by atoms with Crippen LogP contribution in [0.25, 0.3) is 0 Å². The van der Waals surface area contributed by atoms with Gasteiger partial charge in [0.2, 0.25) is 5.91 Å². The fourth-order valence-electron chi connectivity index (χ4n) is 2.98. The number of rotatable bonds is 2. The molecule has 1 N–H and O–H groups in total. The molecule has 5 nitrogen and oxygen atoms in total. The zero-order valence-electron chi connectivity index (χ0n) is 14.3. The van der Waals surface area contributed by atoms with Crippen LogP contribution in [0.2, 0.25) is 0 Å². The minimum Gasteiger partial charge on any atom is -0.324 e. The smallest absolute Gasteiger partial charge is 0.258 e. The monoisotopic (exact) mass is 341 g/mol. The lowest BCUT2D eigenvalue weighted by Crippen LogP contribution is -2.35. The van der Waals surface area contributed by atoms with E-state index in [1.54, 1.807) is 4.90 Å². The summed E-state index contributed by atoms with van der Waals surface area (Å²) in [5.41, 5.74) is 2.28. The molecule has 1 aliphatic heterocycles. The van der Waals surface area contributed by atoms with E-state index in [0.717, 1.165) is 24.3 Å². The summed E-state index contributed by atoms with van der Waals surface area (Å²) in [6.07, 6.45) is 0. The Morgan fingerprint density at radius 3 is 2.64 bits per heavy atom. The lowest BCUT2D eigenvalue weighted by atomic mass is 10.1. The second kappa shape index (κ2) is 7.03. The molecule has 0 atom stereocenters. The summed E-state index contributed by atoms with van der Waals surface area (Å²) in [6, 6.07) is 11.8. The normalized spacial score (nSPS) is 14.6. The average molecular weight is 341 g/mol. The van der Waals surface area contributed by atoms with Gasteiger partial charge in [0.05, 0.1) is 5.69 Å². The second-order valence-corrected chi connectivity index (χ2v) is 6.20. The first-order chi connectivity index (χ1) is 12.0. The van der Waals surface area contributed by atoms with E-state index in [1.807, 2.05) is 31.3 Å². The maximum Gasteiger partial charge on any atom is 0.258 e. The van der Waals surface area contributed by atoms with Gasteiger partial charge in [-0.1, -0.05) is 18.2 Å². The van der Waals surface area contributed by atoms with Crippen molar-refractivity contribution in [3.05, 3.63) is 59.4 Å². The topological polar surface area (TPSA) is 52.7 Å². The number of carbonyl (C=O) groups is 2. The van der Waals surface area contributed by atoms with Crippen molar-refractivity contribution in [2.45, 2.75) is 13.5 Å². The molecule has 0 saturated heterocycles. The highest BCUT2D eigenvalue weighted by atomic mass is 19.1. The number of hydrogen-bond donors (Lipinski definition) is 1. The molecule has 25 heavy (non-hydrogen) atoms. The van der Waals surface area contributed by atoms with Crippen LogP contribution in [0.5, 0.6) is 0 Å². The van der Waals surface area contributed by atoms with E-state index in [2.05, 4.69) is 10.2 Å². The van der Waals surface area contributed by atoms with Gasteiger partial charge in [0.25, 0.3) is 5.91 Å². The fourth-order valence-corrected chi connectivity index (χ4v) is 2.98. The van der Waals surface area contributed by atoms with E-state index >= 15 is 0 Å². The minimum atomic E-state index is -0.567. The lowest BCUT2D eigenvalue weighted by molar-refractivity contribution is -0.114. The van der Waals surface area contributed by atoms with Crippen LogP contribution in [0.3, 0.4) is 0 Å². The molecule has 2 aromatic rings. The molecule has 0 unspecified atom stereocenters. The summed E-state index contributed by atoms with van der Waals surface area (Å²) in [4.78, 5) is 28.1. The third-order valence-corrected chi connectivity index (χ3v) is 4.20. The van der Waals surface area contributed by atoms with Crippen LogP contribution in [0.15, 0.2) is 42.5 Å². The number of carbonyl (C=O) groups excluding carboxylic acids is 2. The summed E-state index contributed by atoms with van der Waals surface area (Å²) in [5.74, 6) is -1.16. The fraction of sp³-hybridized carbons (Fsp3) is 0.263. The maximum atomic E-state index is 13.8. The number of anilines is 2. The van der Waals surface area contributed by atoms with Crippen LogP contribution in [0.4, 0.5) is 15.8 Å². The molecule has 0 fully saturated rings. The van der Waals surface area contributed by atoms with Gasteiger partial charge in [0.1, 0.15) is 5.82 Å². The van der Waals surface area contributed by atoms with Crippen molar-refractivity contribution in [2.24, 2.45) is 0 Å². The van der Waals surface area contributed by atoms with E-state index in [1.165, 1.54) is 25.1 Å². The highest BCUT2D eigenvalue weighted by Crippen LogP contribution is 2.27. The van der Waals surface area contributed by atoms with E-state index in [4.69, 9.17) is 0 Å². The van der Waals surface area contributed by atoms with Crippen LogP contribution in [0.1, 0.15) is 22.8 Å². The Morgan fingerprint density at radius 2 is 1.88 bits per heavy atom. The number of halogens is 1. The van der Waals surface area contributed by atoms with Gasteiger partial charge in [-0.05, 0) is 36.9 Å². The quantitative estimate of drug-likeness (QED) is 0.914. The molecular formula is C19H20FN3O2. The first-order valence-corrected chi connectivity index (χ1v) is 8.11. The lowest BCUT2D eigenvalue weighted by Gasteiger charge is -2.23. The molecule has 0 aliphatic carbocycles. The van der Waals surface area contributed by atoms with E-state index < -0.39 is 5.82 Å². The minimum absolute atomic E-state index is 0.0126. The first-order valence-electron chi connectivity index (χ1n) is 8.11. The number of nitrogens with zero attached hydrogens (tertiary/aromatic N) is 2. The Bertz CT molecular complexity index is 822. The van der Waals surface area contributed by atoms with Crippen LogP contribution in [-0.2, 0) is 11.3 Å². The molecule has 2 aromatic carbocycles. The van der Waals surface area contributed by atoms with Crippen LogP contribution >= 0.6 is 0 Å². The van der Waals surface area contributed by atoms with Crippen molar-refractivity contribution in [1.29, 1.82) is 0 Å². The van der Waals surface area contributed by atoms with Gasteiger partial charge >= 0.3 is 0 Å². The number of fused-ring (bicyclic) bond motifs is 1. The summed E-state index contributed by atoms with van der Waals surface area (Å²) < 4.78 is 13.8. The average Bonchev–Trinajstić information content (AvgIpc) is 2.74. The highest BCUT2D eigenvalue weighted by Gasteiger charge is 2.24. The Balaban J connectivity index is 1.97. The summed E-state index contributed by atoms with van der Waals surface area (Å²) in [6.45, 7) is 3.34. The third kappa shape index (κ3) is 3.69. The van der Waals surface area contributed by atoms with Crippen LogP contribution < -0.4 is 10.2 Å². The second-order valence-electron chi connectivity index (χ2n) is 6.20. The Kier molecular flexibility index (Phi) is 4.81. The Morgan fingerprint density at radius 1 is 1.12 bits per heavy atom. The van der Waals surface area contributed by atoms with Gasteiger partial charge in [0, 0.05) is 37.8 Å². The predicted octanol–water partition coefficient (Wildman–Crippen LogP) is 2.88. The molecule has 2 amide bonds. The molecule has 1 heterocycles. The van der Waals surface area contributed by atoms with Crippen molar-refractivity contribution < 1.29 is 14.0 Å². The number of para-hydroxylation sites is 1. The van der Waals surface area contributed by atoms with Gasteiger partial charge in [-0.25, -0.2) is 4.39 Å². The largest absolute Gasteiger partial charge is 0.324 e. The molecule has 1 aliphatic rings. The van der Waals surface area contributed by atoms with Gasteiger partial charge in [0.15, 0.2) is 0 Å². The van der Waals surface area contributed by atoms with Crippen LogP contribution in [-0.4, -0.2) is 36.9 Å². The molecule has 130 valence electrons. The molecular weight excluding hydrogens is 321 g/mol. The first kappa shape index (κ1) is 17.1. The molecule has 0 saturated carbocycles. The van der Waals surface area contributed by atoms with Crippen molar-refractivity contribution >= 4 is 23.2 Å². The van der Waals surface area contributed by atoms with E-state index in [-0.39, 0.29) is 17.5 Å². The van der Waals surface area contributed by atoms with Crippen molar-refractivity contribution in [3.63, 3.8) is 0 Å². The number of nitrogens with one attached hydrogen (secondary N) is 1. The van der Waals surface area contributed by atoms with Gasteiger partial charge in [-0.15, -0.1) is 0 Å². The van der Waals surface area contributed by atoms with Gasteiger partial charge in [-0.2, -0.15) is 0 Å². The zero-order valence-corrected chi connectivity index (χ0v) is 14.3. The number of hydrogen-bond acceptors (Lipinski definition) is 3. The molecule has 0 spiro atoms. The Labute approximate surface area is 146 Å². The van der Waals surface area contributed by atoms with E-state index in [0.29, 0.717) is 12.1 Å². The van der Waals surface area contributed by atoms with Gasteiger partial charge in [-0.3, -0.25) is 9.59 Å². The summed E-state index contributed by atoms with van der Waals surface area (Å²) >= 11 is 0. The summed E-state index contributed by atoms with van der Waals surface area (Å²) in [7, 11) is 2.01. The Hall–Kier alpha value is -2.73. The van der Waals surface area contributed by atoms with Crippen LogP contribution in [0, 0.1) is 5.82 Å². The highest BCUT2D eigenvalue weighted by molar-refractivity contribution is 6.07. The summed E-state index contributed by atoms with van der Waals surface area (Å²) in [5, 5.41) is 2.42.